The summed E-state index contributed by atoms with van der Waals surface area (Å²) in [5.41, 5.74) is 0.471. The van der Waals surface area contributed by atoms with Crippen molar-refractivity contribution in [3.8, 4) is 0 Å². The van der Waals surface area contributed by atoms with Crippen LogP contribution in [0.4, 0.5) is 23.1 Å². The van der Waals surface area contributed by atoms with Crippen molar-refractivity contribution in [2.75, 3.05) is 10.6 Å². The van der Waals surface area contributed by atoms with E-state index in [4.69, 9.17) is 16.7 Å². The summed E-state index contributed by atoms with van der Waals surface area (Å²) in [5, 5.41) is 27.0. The predicted octanol–water partition coefficient (Wildman–Crippen LogP) is 3.84. The highest BCUT2D eigenvalue weighted by atomic mass is 35.5. The molecule has 1 aromatic heterocycles. The van der Waals surface area contributed by atoms with Gasteiger partial charge in [-0.1, -0.05) is 11.6 Å². The molecule has 0 saturated heterocycles. The fourth-order valence-corrected chi connectivity index (χ4v) is 3.14. The minimum Gasteiger partial charge on any atom is -0.481 e. The van der Waals surface area contributed by atoms with Gasteiger partial charge in [-0.15, -0.1) is 0 Å². The maximum Gasteiger partial charge on any atom is 0.329 e. The second kappa shape index (κ2) is 8.17. The van der Waals surface area contributed by atoms with Gasteiger partial charge in [-0.05, 0) is 49.9 Å². The largest absolute Gasteiger partial charge is 0.481 e. The number of halogens is 1. The summed E-state index contributed by atoms with van der Waals surface area (Å²) < 4.78 is 0. The lowest BCUT2D eigenvalue weighted by Gasteiger charge is -2.27. The van der Waals surface area contributed by atoms with Crippen LogP contribution >= 0.6 is 11.6 Å². The van der Waals surface area contributed by atoms with Crippen LogP contribution in [-0.2, 0) is 4.79 Å². The number of nitrogens with zero attached hydrogens (tertiary/aromatic N) is 3. The predicted molar refractivity (Wildman–Crippen MR) is 100 cm³/mol. The Hall–Kier alpha value is -2.94. The monoisotopic (exact) mass is 391 g/mol. The van der Waals surface area contributed by atoms with Crippen molar-refractivity contribution >= 4 is 40.7 Å². The van der Waals surface area contributed by atoms with Gasteiger partial charge in [0.15, 0.2) is 0 Å². The van der Waals surface area contributed by atoms with Crippen molar-refractivity contribution in [3.05, 3.63) is 45.6 Å². The highest BCUT2D eigenvalue weighted by Crippen LogP contribution is 2.30. The molecule has 1 fully saturated rings. The Morgan fingerprint density at radius 3 is 2.48 bits per heavy atom. The number of nitro groups is 1. The Labute approximate surface area is 159 Å². The lowest BCUT2D eigenvalue weighted by atomic mass is 9.86. The molecular weight excluding hydrogens is 374 g/mol. The van der Waals surface area contributed by atoms with Gasteiger partial charge in [0.25, 0.3) is 0 Å². The van der Waals surface area contributed by atoms with Gasteiger partial charge in [0.05, 0.1) is 10.8 Å². The number of anilines is 3. The van der Waals surface area contributed by atoms with Crippen LogP contribution in [0.2, 0.25) is 5.02 Å². The van der Waals surface area contributed by atoms with Gasteiger partial charge in [0, 0.05) is 16.8 Å². The molecule has 0 bridgehead atoms. The number of nitrogens with one attached hydrogen (secondary N) is 2. The molecule has 142 valence electrons. The van der Waals surface area contributed by atoms with Gasteiger partial charge >= 0.3 is 11.7 Å². The zero-order valence-corrected chi connectivity index (χ0v) is 15.0. The van der Waals surface area contributed by atoms with Gasteiger partial charge in [0.2, 0.25) is 11.8 Å². The number of carboxylic acids is 1. The summed E-state index contributed by atoms with van der Waals surface area (Å²) >= 11 is 5.85. The van der Waals surface area contributed by atoms with Crippen molar-refractivity contribution in [1.82, 2.24) is 9.97 Å². The van der Waals surface area contributed by atoms with E-state index in [1.165, 1.54) is 0 Å². The van der Waals surface area contributed by atoms with Gasteiger partial charge in [-0.2, -0.15) is 4.98 Å². The van der Waals surface area contributed by atoms with Crippen LogP contribution in [0.25, 0.3) is 0 Å². The van der Waals surface area contributed by atoms with Crippen molar-refractivity contribution < 1.29 is 14.8 Å². The maximum absolute atomic E-state index is 11.3. The summed E-state index contributed by atoms with van der Waals surface area (Å²) in [4.78, 5) is 30.0. The number of hydrogen-bond donors (Lipinski definition) is 3. The molecule has 1 heterocycles. The molecular formula is C17H18ClN5O4. The third-order valence-corrected chi connectivity index (χ3v) is 4.74. The molecule has 0 amide bonds. The van der Waals surface area contributed by atoms with Crippen LogP contribution in [0.1, 0.15) is 25.7 Å². The maximum atomic E-state index is 11.3. The molecule has 3 rings (SSSR count). The average molecular weight is 392 g/mol. The summed E-state index contributed by atoms with van der Waals surface area (Å²) in [5.74, 6) is -0.823. The molecule has 0 atom stereocenters. The zero-order valence-electron chi connectivity index (χ0n) is 14.3. The van der Waals surface area contributed by atoms with E-state index in [1.54, 1.807) is 24.3 Å². The van der Waals surface area contributed by atoms with E-state index in [9.17, 15) is 14.9 Å². The Bertz CT molecular complexity index is 838. The van der Waals surface area contributed by atoms with Crippen LogP contribution in [-0.4, -0.2) is 32.0 Å². The molecule has 1 saturated carbocycles. The van der Waals surface area contributed by atoms with Gasteiger partial charge in [0.1, 0.15) is 6.20 Å². The first-order valence-electron chi connectivity index (χ1n) is 8.45. The molecule has 0 spiro atoms. The standard InChI is InChI=1S/C17H18ClN5O4/c18-11-3-7-13(8-4-11)21-17-19-9-14(23(26)27)15(22-17)20-12-5-1-10(2-6-12)16(24)25/h3-4,7-10,12H,1-2,5-6H2,(H,24,25)(H2,19,20,21,22)/t10-,12-. The molecule has 1 aliphatic rings. The summed E-state index contributed by atoms with van der Waals surface area (Å²) in [7, 11) is 0. The van der Waals surface area contributed by atoms with Crippen LogP contribution in [0.5, 0.6) is 0 Å². The molecule has 1 aliphatic carbocycles. The van der Waals surface area contributed by atoms with Gasteiger partial charge in [-0.25, -0.2) is 4.98 Å². The zero-order chi connectivity index (χ0) is 19.4. The molecule has 27 heavy (non-hydrogen) atoms. The minimum absolute atomic E-state index is 0.0717. The second-order valence-corrected chi connectivity index (χ2v) is 6.78. The van der Waals surface area contributed by atoms with Crippen molar-refractivity contribution in [3.63, 3.8) is 0 Å². The Balaban J connectivity index is 1.75. The van der Waals surface area contributed by atoms with Crippen LogP contribution in [0.15, 0.2) is 30.5 Å². The summed E-state index contributed by atoms with van der Waals surface area (Å²) in [6.07, 6.45) is 3.43. The summed E-state index contributed by atoms with van der Waals surface area (Å²) in [6, 6.07) is 6.82. The fraction of sp³-hybridized carbons (Fsp3) is 0.353. The molecule has 0 radical (unpaired) electrons. The molecule has 2 aromatic rings. The summed E-state index contributed by atoms with van der Waals surface area (Å²) in [6.45, 7) is 0. The first-order valence-corrected chi connectivity index (χ1v) is 8.83. The molecule has 9 nitrogen and oxygen atoms in total. The Kier molecular flexibility index (Phi) is 5.70. The number of carbonyl (C=O) groups is 1. The van der Waals surface area contributed by atoms with E-state index in [-0.39, 0.29) is 29.4 Å². The second-order valence-electron chi connectivity index (χ2n) is 6.35. The lowest BCUT2D eigenvalue weighted by molar-refractivity contribution is -0.384. The number of benzene rings is 1. The average Bonchev–Trinajstić information content (AvgIpc) is 2.64. The van der Waals surface area contributed by atoms with Crippen LogP contribution < -0.4 is 10.6 Å². The third-order valence-electron chi connectivity index (χ3n) is 4.48. The quantitative estimate of drug-likeness (QED) is 0.500. The first kappa shape index (κ1) is 18.8. The molecule has 10 heteroatoms. The Morgan fingerprint density at radius 2 is 1.89 bits per heavy atom. The van der Waals surface area contributed by atoms with Crippen LogP contribution in [0.3, 0.4) is 0 Å². The van der Waals surface area contributed by atoms with E-state index < -0.39 is 10.9 Å². The minimum atomic E-state index is -0.795. The van der Waals surface area contributed by atoms with Crippen molar-refractivity contribution in [2.45, 2.75) is 31.7 Å². The SMILES string of the molecule is O=C(O)[C@H]1CC[C@H](Nc2nc(Nc3ccc(Cl)cc3)ncc2[N+](=O)[O-])CC1. The van der Waals surface area contributed by atoms with E-state index in [0.717, 1.165) is 6.20 Å². The highest BCUT2D eigenvalue weighted by molar-refractivity contribution is 6.30. The Morgan fingerprint density at radius 1 is 1.22 bits per heavy atom. The topological polar surface area (TPSA) is 130 Å². The van der Waals surface area contributed by atoms with Gasteiger partial charge < -0.3 is 15.7 Å². The van der Waals surface area contributed by atoms with E-state index in [0.29, 0.717) is 36.4 Å². The van der Waals surface area contributed by atoms with Gasteiger partial charge in [-0.3, -0.25) is 14.9 Å². The number of hydrogen-bond acceptors (Lipinski definition) is 7. The smallest absolute Gasteiger partial charge is 0.329 e. The highest BCUT2D eigenvalue weighted by Gasteiger charge is 2.28. The molecule has 0 aliphatic heterocycles. The third kappa shape index (κ3) is 4.82. The first-order chi connectivity index (χ1) is 12.9. The number of rotatable bonds is 6. The van der Waals surface area contributed by atoms with Crippen molar-refractivity contribution in [2.24, 2.45) is 5.92 Å². The number of aromatic nitrogens is 2. The molecule has 0 unspecified atom stereocenters. The molecule has 3 N–H and O–H groups in total. The van der Waals surface area contributed by atoms with Crippen LogP contribution in [0, 0.1) is 16.0 Å². The normalized spacial score (nSPS) is 19.3. The molecule has 1 aromatic carbocycles. The van der Waals surface area contributed by atoms with E-state index in [1.807, 2.05) is 0 Å². The lowest BCUT2D eigenvalue weighted by Crippen LogP contribution is -2.29. The van der Waals surface area contributed by atoms with Crippen molar-refractivity contribution in [1.29, 1.82) is 0 Å². The number of carboxylic acid groups (broad SMARTS) is 1. The van der Waals surface area contributed by atoms with E-state index >= 15 is 0 Å². The fourth-order valence-electron chi connectivity index (χ4n) is 3.02. The van der Waals surface area contributed by atoms with E-state index in [2.05, 4.69) is 20.6 Å². The number of aliphatic carboxylic acids is 1.